The highest BCUT2D eigenvalue weighted by Crippen LogP contribution is 2.21. The van der Waals surface area contributed by atoms with E-state index in [0.29, 0.717) is 11.4 Å². The molecule has 0 atom stereocenters. The van der Waals surface area contributed by atoms with Gasteiger partial charge in [-0.25, -0.2) is 9.59 Å². The fourth-order valence-corrected chi connectivity index (χ4v) is 1.83. The van der Waals surface area contributed by atoms with Crippen molar-refractivity contribution in [3.63, 3.8) is 0 Å². The Kier molecular flexibility index (Phi) is 4.68. The topological polar surface area (TPSA) is 93.3 Å². The van der Waals surface area contributed by atoms with Crippen molar-refractivity contribution in [3.05, 3.63) is 36.0 Å². The Balaban J connectivity index is 2.06. The second kappa shape index (κ2) is 6.51. The average molecular weight is 317 g/mol. The van der Waals surface area contributed by atoms with Crippen molar-refractivity contribution in [1.82, 2.24) is 10.2 Å². The number of hydrogen-bond acceptors (Lipinski definition) is 5. The molecule has 0 unspecified atom stereocenters. The Morgan fingerprint density at radius 1 is 1.17 bits per heavy atom. The SMILES string of the molecule is COC(=O)c1cc(-c2ccc(NC(=O)OC(C)(C)C)cc2)n[nH]1. The van der Waals surface area contributed by atoms with Gasteiger partial charge in [-0.3, -0.25) is 10.4 Å². The van der Waals surface area contributed by atoms with Crippen LogP contribution in [0.1, 0.15) is 31.3 Å². The molecule has 23 heavy (non-hydrogen) atoms. The van der Waals surface area contributed by atoms with Crippen LogP contribution in [-0.4, -0.2) is 35.0 Å². The van der Waals surface area contributed by atoms with Gasteiger partial charge in [-0.1, -0.05) is 12.1 Å². The number of amides is 1. The van der Waals surface area contributed by atoms with Crippen molar-refractivity contribution in [2.24, 2.45) is 0 Å². The lowest BCUT2D eigenvalue weighted by Gasteiger charge is -2.19. The molecule has 1 aromatic heterocycles. The molecule has 0 fully saturated rings. The van der Waals surface area contributed by atoms with Crippen LogP contribution in [0.2, 0.25) is 0 Å². The predicted molar refractivity (Wildman–Crippen MR) is 85.2 cm³/mol. The first kappa shape index (κ1) is 16.5. The van der Waals surface area contributed by atoms with Crippen LogP contribution in [0, 0.1) is 0 Å². The summed E-state index contributed by atoms with van der Waals surface area (Å²) in [4.78, 5) is 23.1. The second-order valence-electron chi connectivity index (χ2n) is 5.86. The molecule has 0 bridgehead atoms. The van der Waals surface area contributed by atoms with Crippen LogP contribution >= 0.6 is 0 Å². The number of anilines is 1. The van der Waals surface area contributed by atoms with Crippen LogP contribution in [0.5, 0.6) is 0 Å². The lowest BCUT2D eigenvalue weighted by molar-refractivity contribution is 0.0591. The smallest absolute Gasteiger partial charge is 0.412 e. The van der Waals surface area contributed by atoms with E-state index in [-0.39, 0.29) is 5.69 Å². The summed E-state index contributed by atoms with van der Waals surface area (Å²) in [6, 6.07) is 8.62. The third-order valence-electron chi connectivity index (χ3n) is 2.81. The lowest BCUT2D eigenvalue weighted by Crippen LogP contribution is -2.27. The van der Waals surface area contributed by atoms with Crippen molar-refractivity contribution >= 4 is 17.7 Å². The van der Waals surface area contributed by atoms with E-state index in [2.05, 4.69) is 20.3 Å². The number of carbonyl (C=O) groups excluding carboxylic acids is 2. The zero-order chi connectivity index (χ0) is 17.0. The lowest BCUT2D eigenvalue weighted by atomic mass is 10.1. The molecular weight excluding hydrogens is 298 g/mol. The van der Waals surface area contributed by atoms with E-state index in [1.807, 2.05) is 0 Å². The van der Waals surface area contributed by atoms with Gasteiger partial charge in [0.15, 0.2) is 0 Å². The van der Waals surface area contributed by atoms with Crippen LogP contribution in [0.3, 0.4) is 0 Å². The minimum atomic E-state index is -0.552. The summed E-state index contributed by atoms with van der Waals surface area (Å²) >= 11 is 0. The molecule has 122 valence electrons. The number of ether oxygens (including phenoxy) is 2. The molecule has 0 saturated heterocycles. The van der Waals surface area contributed by atoms with Crippen LogP contribution < -0.4 is 5.32 Å². The molecule has 0 saturated carbocycles. The molecule has 0 radical (unpaired) electrons. The number of benzene rings is 1. The van der Waals surface area contributed by atoms with Gasteiger partial charge >= 0.3 is 12.1 Å². The van der Waals surface area contributed by atoms with Crippen LogP contribution in [0.15, 0.2) is 30.3 Å². The molecule has 7 heteroatoms. The van der Waals surface area contributed by atoms with Crippen LogP contribution in [-0.2, 0) is 9.47 Å². The van der Waals surface area contributed by atoms with Gasteiger partial charge in [-0.15, -0.1) is 0 Å². The summed E-state index contributed by atoms with van der Waals surface area (Å²) in [5.41, 5.74) is 1.73. The highest BCUT2D eigenvalue weighted by molar-refractivity contribution is 5.89. The summed E-state index contributed by atoms with van der Waals surface area (Å²) in [7, 11) is 1.31. The molecule has 1 aromatic carbocycles. The van der Waals surface area contributed by atoms with E-state index in [1.165, 1.54) is 7.11 Å². The van der Waals surface area contributed by atoms with Gasteiger partial charge in [0.2, 0.25) is 0 Å². The molecule has 7 nitrogen and oxygen atoms in total. The van der Waals surface area contributed by atoms with Crippen LogP contribution in [0.25, 0.3) is 11.3 Å². The third kappa shape index (κ3) is 4.57. The number of esters is 1. The third-order valence-corrected chi connectivity index (χ3v) is 2.81. The number of carbonyl (C=O) groups is 2. The molecule has 2 N–H and O–H groups in total. The first-order valence-corrected chi connectivity index (χ1v) is 7.02. The molecule has 1 heterocycles. The normalized spacial score (nSPS) is 11.0. The number of nitrogens with zero attached hydrogens (tertiary/aromatic N) is 1. The Labute approximate surface area is 134 Å². The van der Waals surface area contributed by atoms with Crippen molar-refractivity contribution in [1.29, 1.82) is 0 Å². The fraction of sp³-hybridized carbons (Fsp3) is 0.312. The summed E-state index contributed by atoms with van der Waals surface area (Å²) in [6.45, 7) is 5.39. The van der Waals surface area contributed by atoms with Gasteiger partial charge in [0.05, 0.1) is 12.8 Å². The van der Waals surface area contributed by atoms with Gasteiger partial charge < -0.3 is 9.47 Å². The number of H-pyrrole nitrogens is 1. The number of hydrogen-bond donors (Lipinski definition) is 2. The molecule has 1 amide bonds. The fourth-order valence-electron chi connectivity index (χ4n) is 1.83. The van der Waals surface area contributed by atoms with E-state index in [4.69, 9.17) is 4.74 Å². The maximum atomic E-state index is 11.7. The minimum absolute atomic E-state index is 0.276. The van der Waals surface area contributed by atoms with E-state index >= 15 is 0 Å². The molecule has 0 aliphatic heterocycles. The quantitative estimate of drug-likeness (QED) is 0.848. The number of rotatable bonds is 3. The van der Waals surface area contributed by atoms with E-state index < -0.39 is 17.7 Å². The van der Waals surface area contributed by atoms with Crippen molar-refractivity contribution in [2.45, 2.75) is 26.4 Å². The first-order valence-electron chi connectivity index (χ1n) is 7.02. The molecule has 2 rings (SSSR count). The van der Waals surface area contributed by atoms with Gasteiger partial charge in [0, 0.05) is 11.3 Å². The number of nitrogens with one attached hydrogen (secondary N) is 2. The molecule has 0 aliphatic carbocycles. The maximum absolute atomic E-state index is 11.7. The second-order valence-corrected chi connectivity index (χ2v) is 5.86. The number of aromatic nitrogens is 2. The van der Waals surface area contributed by atoms with Crippen molar-refractivity contribution in [2.75, 3.05) is 12.4 Å². The van der Waals surface area contributed by atoms with Crippen molar-refractivity contribution < 1.29 is 19.1 Å². The average Bonchev–Trinajstić information content (AvgIpc) is 2.95. The predicted octanol–water partition coefficient (Wildman–Crippen LogP) is 3.21. The van der Waals surface area contributed by atoms with Gasteiger partial charge in [0.25, 0.3) is 0 Å². The van der Waals surface area contributed by atoms with Gasteiger partial charge in [0.1, 0.15) is 11.3 Å². The molecule has 0 spiro atoms. The van der Waals surface area contributed by atoms with E-state index in [9.17, 15) is 9.59 Å². The summed E-state index contributed by atoms with van der Waals surface area (Å²) < 4.78 is 9.80. The minimum Gasteiger partial charge on any atom is -0.464 e. The molecular formula is C16H19N3O4. The summed E-state index contributed by atoms with van der Waals surface area (Å²) in [6.07, 6.45) is -0.516. The Morgan fingerprint density at radius 2 is 1.83 bits per heavy atom. The monoisotopic (exact) mass is 317 g/mol. The summed E-state index contributed by atoms with van der Waals surface area (Å²) in [5.74, 6) is -0.480. The Morgan fingerprint density at radius 3 is 2.39 bits per heavy atom. The zero-order valence-electron chi connectivity index (χ0n) is 13.5. The molecule has 2 aromatic rings. The zero-order valence-corrected chi connectivity index (χ0v) is 13.5. The number of aromatic amines is 1. The largest absolute Gasteiger partial charge is 0.464 e. The first-order chi connectivity index (χ1) is 10.8. The maximum Gasteiger partial charge on any atom is 0.412 e. The number of methoxy groups -OCH3 is 1. The highest BCUT2D eigenvalue weighted by Gasteiger charge is 2.16. The summed E-state index contributed by atoms with van der Waals surface area (Å²) in [5, 5.41) is 9.32. The van der Waals surface area contributed by atoms with Crippen LogP contribution in [0.4, 0.5) is 10.5 Å². The Bertz CT molecular complexity index is 699. The molecule has 0 aliphatic rings. The van der Waals surface area contributed by atoms with Gasteiger partial charge in [-0.05, 0) is 39.0 Å². The van der Waals surface area contributed by atoms with E-state index in [1.54, 1.807) is 51.1 Å². The Hall–Kier alpha value is -2.83. The highest BCUT2D eigenvalue weighted by atomic mass is 16.6. The van der Waals surface area contributed by atoms with E-state index in [0.717, 1.165) is 5.56 Å². The van der Waals surface area contributed by atoms with Crippen molar-refractivity contribution in [3.8, 4) is 11.3 Å². The van der Waals surface area contributed by atoms with Gasteiger partial charge in [-0.2, -0.15) is 5.10 Å². The standard InChI is InChI=1S/C16H19N3O4/c1-16(2,3)23-15(21)17-11-7-5-10(6-8-11)12-9-13(19-18-12)14(20)22-4/h5-9H,1-4H3,(H,17,21)(H,18,19).